The summed E-state index contributed by atoms with van der Waals surface area (Å²) in [6, 6.07) is 3.74. The van der Waals surface area contributed by atoms with Crippen LogP contribution in [-0.2, 0) is 0 Å². The van der Waals surface area contributed by atoms with E-state index < -0.39 is 0 Å². The molecule has 0 radical (unpaired) electrons. The van der Waals surface area contributed by atoms with E-state index in [1.165, 1.54) is 49.9 Å². The molecule has 2 N–H and O–H groups in total. The Labute approximate surface area is 188 Å². The highest BCUT2D eigenvalue weighted by atomic mass is 32.1. The Morgan fingerprint density at radius 2 is 0.903 bits per heavy atom. The first-order valence-corrected chi connectivity index (χ1v) is 13.5. The van der Waals surface area contributed by atoms with Gasteiger partial charge in [0, 0.05) is 11.1 Å². The Morgan fingerprint density at radius 1 is 0.613 bits per heavy atom. The van der Waals surface area contributed by atoms with Gasteiger partial charge >= 0.3 is 0 Å². The van der Waals surface area contributed by atoms with Gasteiger partial charge in [-0.1, -0.05) is 0 Å². The lowest BCUT2D eigenvalue weighted by atomic mass is 9.53. The minimum Gasteiger partial charge on any atom is -0.346 e. The zero-order valence-corrected chi connectivity index (χ0v) is 19.1. The van der Waals surface area contributed by atoms with Crippen LogP contribution in [0.4, 0.5) is 0 Å². The predicted molar refractivity (Wildman–Crippen MR) is 121 cm³/mol. The highest BCUT2D eigenvalue weighted by Gasteiger charge is 2.53. The molecule has 0 aliphatic heterocycles. The molecule has 1 aromatic heterocycles. The lowest BCUT2D eigenvalue weighted by molar-refractivity contribution is -0.0170. The second kappa shape index (κ2) is 6.59. The summed E-state index contributed by atoms with van der Waals surface area (Å²) in [5, 5.41) is 6.92. The van der Waals surface area contributed by atoms with E-state index in [2.05, 4.69) is 10.6 Å². The third-order valence-corrected chi connectivity index (χ3v) is 11.0. The van der Waals surface area contributed by atoms with Gasteiger partial charge in [0.05, 0.1) is 9.75 Å². The summed E-state index contributed by atoms with van der Waals surface area (Å²) in [7, 11) is 0. The quantitative estimate of drug-likeness (QED) is 0.683. The number of carbonyl (C=O) groups excluding carboxylic acids is 2. The van der Waals surface area contributed by atoms with Gasteiger partial charge in [0.15, 0.2) is 0 Å². The van der Waals surface area contributed by atoms with Crippen LogP contribution in [0.25, 0.3) is 0 Å². The van der Waals surface area contributed by atoms with Crippen molar-refractivity contribution in [2.75, 3.05) is 0 Å². The topological polar surface area (TPSA) is 58.2 Å². The van der Waals surface area contributed by atoms with E-state index in [-0.39, 0.29) is 22.9 Å². The molecule has 8 saturated carbocycles. The van der Waals surface area contributed by atoms with Gasteiger partial charge in [0.2, 0.25) is 0 Å². The fraction of sp³-hybridized carbons (Fsp3) is 0.769. The Hall–Kier alpha value is -1.36. The van der Waals surface area contributed by atoms with Crippen molar-refractivity contribution in [2.24, 2.45) is 35.5 Å². The summed E-state index contributed by atoms with van der Waals surface area (Å²) >= 11 is 1.38. The van der Waals surface area contributed by atoms with Crippen molar-refractivity contribution in [1.29, 1.82) is 0 Å². The van der Waals surface area contributed by atoms with Crippen molar-refractivity contribution in [3.63, 3.8) is 0 Å². The van der Waals surface area contributed by atoms with Crippen LogP contribution >= 0.6 is 11.3 Å². The lowest BCUT2D eigenvalue weighted by Crippen LogP contribution is -2.59. The van der Waals surface area contributed by atoms with Crippen molar-refractivity contribution in [3.05, 3.63) is 21.9 Å². The summed E-state index contributed by atoms with van der Waals surface area (Å²) in [6.07, 6.45) is 15.2. The van der Waals surface area contributed by atoms with Crippen LogP contribution in [0.5, 0.6) is 0 Å². The Kier molecular flexibility index (Phi) is 4.07. The van der Waals surface area contributed by atoms with E-state index in [0.29, 0.717) is 9.75 Å². The molecule has 0 atom stereocenters. The molecule has 0 aromatic carbocycles. The van der Waals surface area contributed by atoms with Crippen LogP contribution in [0.3, 0.4) is 0 Å². The minimum absolute atomic E-state index is 0.0252. The summed E-state index contributed by atoms with van der Waals surface area (Å²) in [6.45, 7) is 0. The van der Waals surface area contributed by atoms with Crippen molar-refractivity contribution < 1.29 is 9.59 Å². The van der Waals surface area contributed by atoms with E-state index in [0.717, 1.165) is 74.0 Å². The van der Waals surface area contributed by atoms with Crippen molar-refractivity contribution in [2.45, 2.75) is 88.1 Å². The van der Waals surface area contributed by atoms with Crippen molar-refractivity contribution in [3.8, 4) is 0 Å². The average Bonchev–Trinajstić information content (AvgIpc) is 3.15. The number of thiophene rings is 1. The summed E-state index contributed by atoms with van der Waals surface area (Å²) in [4.78, 5) is 27.7. The summed E-state index contributed by atoms with van der Waals surface area (Å²) < 4.78 is 0. The summed E-state index contributed by atoms with van der Waals surface area (Å²) in [5.41, 5.74) is 0.0505. The van der Waals surface area contributed by atoms with E-state index in [4.69, 9.17) is 0 Å². The Balaban J connectivity index is 1.04. The summed E-state index contributed by atoms with van der Waals surface area (Å²) in [5.74, 6) is 4.98. The molecule has 0 saturated heterocycles. The van der Waals surface area contributed by atoms with Crippen LogP contribution in [0.15, 0.2) is 12.1 Å². The van der Waals surface area contributed by atoms with Crippen molar-refractivity contribution >= 4 is 23.2 Å². The third-order valence-electron chi connectivity index (χ3n) is 9.89. The molecule has 4 nitrogen and oxygen atoms in total. The molecular weight excluding hydrogens is 404 g/mol. The zero-order chi connectivity index (χ0) is 20.8. The normalized spacial score (nSPS) is 46.3. The molecule has 0 spiro atoms. The molecule has 8 aliphatic carbocycles. The number of carbonyl (C=O) groups is 2. The van der Waals surface area contributed by atoms with Crippen LogP contribution in [0, 0.1) is 35.5 Å². The number of rotatable bonds is 4. The fourth-order valence-electron chi connectivity index (χ4n) is 9.71. The molecule has 31 heavy (non-hydrogen) atoms. The maximum atomic E-state index is 13.1. The fourth-order valence-corrected chi connectivity index (χ4v) is 10.5. The van der Waals surface area contributed by atoms with E-state index in [1.807, 2.05) is 12.1 Å². The van der Waals surface area contributed by atoms with Crippen LogP contribution in [0.2, 0.25) is 0 Å². The maximum Gasteiger partial charge on any atom is 0.261 e. The number of amides is 2. The largest absolute Gasteiger partial charge is 0.346 e. The molecule has 1 heterocycles. The van der Waals surface area contributed by atoms with Crippen LogP contribution in [-0.4, -0.2) is 22.9 Å². The second-order valence-electron chi connectivity index (χ2n) is 12.5. The molecule has 0 unspecified atom stereocenters. The SMILES string of the molecule is O=C(NC12CC3CC(CC(C3)C1)C2)c1ccc(C(=O)NC23CC4CC(CC(C4)C2)C3)s1. The first kappa shape index (κ1) is 19.1. The Bertz CT molecular complexity index is 791. The van der Waals surface area contributed by atoms with Gasteiger partial charge < -0.3 is 10.6 Å². The Morgan fingerprint density at radius 3 is 1.19 bits per heavy atom. The maximum absolute atomic E-state index is 13.1. The minimum atomic E-state index is 0.0252. The van der Waals surface area contributed by atoms with E-state index in [9.17, 15) is 9.59 Å². The highest BCUT2D eigenvalue weighted by molar-refractivity contribution is 7.15. The number of hydrogen-bond acceptors (Lipinski definition) is 3. The monoisotopic (exact) mass is 438 g/mol. The molecule has 8 bridgehead atoms. The molecular formula is C26H34N2O2S. The van der Waals surface area contributed by atoms with Gasteiger partial charge in [-0.05, 0) is 125 Å². The number of hydrogen-bond donors (Lipinski definition) is 2. The predicted octanol–water partition coefficient (Wildman–Crippen LogP) is 5.15. The van der Waals surface area contributed by atoms with Gasteiger partial charge in [-0.2, -0.15) is 0 Å². The lowest BCUT2D eigenvalue weighted by Gasteiger charge is -2.56. The smallest absolute Gasteiger partial charge is 0.261 e. The molecule has 8 aliphatic rings. The van der Waals surface area contributed by atoms with Gasteiger partial charge in [0.25, 0.3) is 11.8 Å². The first-order chi connectivity index (χ1) is 14.9. The van der Waals surface area contributed by atoms with E-state index >= 15 is 0 Å². The van der Waals surface area contributed by atoms with Gasteiger partial charge in [-0.25, -0.2) is 0 Å². The average molecular weight is 439 g/mol. The molecule has 2 amide bonds. The zero-order valence-electron chi connectivity index (χ0n) is 18.3. The van der Waals surface area contributed by atoms with Gasteiger partial charge in [0.1, 0.15) is 0 Å². The molecule has 166 valence electrons. The molecule has 5 heteroatoms. The molecule has 9 rings (SSSR count). The van der Waals surface area contributed by atoms with Crippen molar-refractivity contribution in [1.82, 2.24) is 10.6 Å². The highest BCUT2D eigenvalue weighted by Crippen LogP contribution is 2.56. The van der Waals surface area contributed by atoms with Crippen LogP contribution in [0.1, 0.15) is 96.4 Å². The van der Waals surface area contributed by atoms with Gasteiger partial charge in [-0.15, -0.1) is 11.3 Å². The van der Waals surface area contributed by atoms with Gasteiger partial charge in [-0.3, -0.25) is 9.59 Å². The molecule has 1 aromatic rings. The third kappa shape index (κ3) is 3.20. The van der Waals surface area contributed by atoms with E-state index in [1.54, 1.807) is 0 Å². The number of nitrogens with one attached hydrogen (secondary N) is 2. The standard InChI is InChI=1S/C26H34N2O2S/c29-23(27-25-9-15-3-16(10-25)5-17(4-15)11-25)21-1-2-22(31-21)24(30)28-26-12-18-6-19(13-26)8-20(7-18)14-26/h1-2,15-20H,3-14H2,(H,27,29)(H,28,30). The van der Waals surface area contributed by atoms with Crippen LogP contribution < -0.4 is 10.6 Å². The first-order valence-electron chi connectivity index (χ1n) is 12.7. The second-order valence-corrected chi connectivity index (χ2v) is 13.6. The molecule has 8 fully saturated rings.